The van der Waals surface area contributed by atoms with Gasteiger partial charge in [0.25, 0.3) is 0 Å². The summed E-state index contributed by atoms with van der Waals surface area (Å²) in [5.41, 5.74) is 0.195. The normalized spacial score (nSPS) is 24.8. The number of hydrogen-bond donors (Lipinski definition) is 0. The molecule has 0 radical (unpaired) electrons. The number of likely N-dealkylation sites (tertiary alicyclic amines) is 1. The zero-order chi connectivity index (χ0) is 22.1. The molecule has 2 heterocycles. The number of benzene rings is 2. The molecule has 2 aliphatic heterocycles. The summed E-state index contributed by atoms with van der Waals surface area (Å²) in [6.45, 7) is 1.99. The molecule has 5 rings (SSSR count). The van der Waals surface area contributed by atoms with E-state index in [4.69, 9.17) is 14.2 Å². The number of ether oxygens (including phenoxy) is 3. The smallest absolute Gasteiger partial charge is 0.303 e. The van der Waals surface area contributed by atoms with Crippen molar-refractivity contribution in [3.8, 4) is 11.5 Å². The minimum atomic E-state index is -0.481. The van der Waals surface area contributed by atoms with Crippen molar-refractivity contribution in [3.05, 3.63) is 54.1 Å². The average Bonchev–Trinajstić information content (AvgIpc) is 3.36. The Morgan fingerprint density at radius 3 is 2.81 bits per heavy atom. The van der Waals surface area contributed by atoms with Gasteiger partial charge in [0.15, 0.2) is 16.9 Å². The summed E-state index contributed by atoms with van der Waals surface area (Å²) >= 11 is 1.48. The second-order valence-electron chi connectivity index (χ2n) is 8.61. The van der Waals surface area contributed by atoms with E-state index in [1.807, 2.05) is 47.4 Å². The molecule has 32 heavy (non-hydrogen) atoms. The highest BCUT2D eigenvalue weighted by Crippen LogP contribution is 2.54. The van der Waals surface area contributed by atoms with Crippen LogP contribution in [0, 0.1) is 5.92 Å². The van der Waals surface area contributed by atoms with Crippen LogP contribution in [0.3, 0.4) is 0 Å². The van der Waals surface area contributed by atoms with Crippen LogP contribution in [0.5, 0.6) is 11.5 Å². The number of nitrogens with zero attached hydrogens (tertiary/aromatic N) is 1. The Hall–Kier alpha value is -2.67. The quantitative estimate of drug-likeness (QED) is 0.358. The van der Waals surface area contributed by atoms with E-state index < -0.39 is 11.0 Å². The highest BCUT2D eigenvalue weighted by molar-refractivity contribution is 7.99. The number of carbonyl (C=O) groups excluding carboxylic acids is 2. The fourth-order valence-corrected chi connectivity index (χ4v) is 6.47. The molecule has 1 amide bonds. The summed E-state index contributed by atoms with van der Waals surface area (Å²) in [6.07, 6.45) is 4.62. The van der Waals surface area contributed by atoms with Crippen molar-refractivity contribution in [1.82, 2.24) is 4.90 Å². The molecule has 0 N–H and O–H groups in total. The van der Waals surface area contributed by atoms with Crippen molar-refractivity contribution >= 4 is 23.6 Å². The first-order valence-electron chi connectivity index (χ1n) is 11.2. The van der Waals surface area contributed by atoms with Crippen LogP contribution in [0.2, 0.25) is 0 Å². The van der Waals surface area contributed by atoms with E-state index in [0.29, 0.717) is 13.0 Å². The van der Waals surface area contributed by atoms with E-state index >= 15 is 0 Å². The van der Waals surface area contributed by atoms with Gasteiger partial charge in [-0.05, 0) is 48.6 Å². The monoisotopic (exact) mass is 453 g/mol. The maximum Gasteiger partial charge on any atom is 0.303 e. The lowest BCUT2D eigenvalue weighted by Crippen LogP contribution is -2.50. The molecule has 0 bridgehead atoms. The number of rotatable bonds is 6. The fourth-order valence-electron chi connectivity index (χ4n) is 5.45. The Bertz CT molecular complexity index is 1010. The molecule has 7 heteroatoms. The molecule has 168 valence electrons. The topological polar surface area (TPSA) is 65.1 Å². The minimum Gasteiger partial charge on any atom is -0.454 e. The summed E-state index contributed by atoms with van der Waals surface area (Å²) < 4.78 is 16.8. The first-order chi connectivity index (χ1) is 15.6. The van der Waals surface area contributed by atoms with Gasteiger partial charge in [0.2, 0.25) is 12.7 Å². The molecule has 0 aromatic heterocycles. The molecule has 1 aliphatic carbocycles. The second-order valence-corrected chi connectivity index (χ2v) is 9.85. The van der Waals surface area contributed by atoms with Crippen LogP contribution >= 0.6 is 11.8 Å². The molecular formula is C25H27NO5S. The summed E-state index contributed by atoms with van der Waals surface area (Å²) in [4.78, 5) is 28.2. The van der Waals surface area contributed by atoms with Crippen LogP contribution in [-0.4, -0.2) is 35.6 Å². The predicted octanol–water partition coefficient (Wildman–Crippen LogP) is 4.71. The van der Waals surface area contributed by atoms with Crippen molar-refractivity contribution in [1.29, 1.82) is 0 Å². The van der Waals surface area contributed by atoms with Crippen molar-refractivity contribution in [2.24, 2.45) is 5.92 Å². The molecule has 2 aromatic carbocycles. The average molecular weight is 454 g/mol. The molecule has 3 aliphatic rings. The molecule has 3 atom stereocenters. The molecule has 2 aromatic rings. The Balaban J connectivity index is 1.49. The minimum absolute atomic E-state index is 0.125. The Kier molecular flexibility index (Phi) is 5.76. The lowest BCUT2D eigenvalue weighted by Gasteiger charge is -2.46. The number of hydrogen-bond acceptors (Lipinski definition) is 6. The van der Waals surface area contributed by atoms with E-state index in [1.165, 1.54) is 18.7 Å². The van der Waals surface area contributed by atoms with Crippen LogP contribution < -0.4 is 9.47 Å². The molecule has 1 saturated carbocycles. The van der Waals surface area contributed by atoms with Gasteiger partial charge < -0.3 is 19.1 Å². The van der Waals surface area contributed by atoms with Crippen molar-refractivity contribution in [3.63, 3.8) is 0 Å². The third-order valence-corrected chi connectivity index (χ3v) is 7.80. The Labute approximate surface area is 192 Å². The standard InChI is InChI=1S/C25H27NO5S/c1-17(27)31-24(32-20-8-3-2-4-9-20)15-26-23(28)14-18-7-5-6-12-25(18,26)19-10-11-21-22(13-19)30-16-29-21/h2-4,8-11,13,18,24H,5-7,12,14-16H2,1H3/t18-,24?,25-/m0/s1. The van der Waals surface area contributed by atoms with Crippen LogP contribution in [0.15, 0.2) is 53.4 Å². The number of esters is 1. The van der Waals surface area contributed by atoms with Gasteiger partial charge in [0.05, 0.1) is 12.1 Å². The molecular weight excluding hydrogens is 426 g/mol. The zero-order valence-electron chi connectivity index (χ0n) is 18.1. The number of fused-ring (bicyclic) bond motifs is 2. The van der Waals surface area contributed by atoms with Crippen LogP contribution in [-0.2, 0) is 19.9 Å². The van der Waals surface area contributed by atoms with E-state index in [0.717, 1.165) is 47.6 Å². The molecule has 0 spiro atoms. The molecule has 2 fully saturated rings. The second kappa shape index (κ2) is 8.70. The SMILES string of the molecule is CC(=O)OC(CN1C(=O)C[C@@H]2CCCC[C@@]21c1ccc2c(c1)OCO2)Sc1ccccc1. The van der Waals surface area contributed by atoms with Gasteiger partial charge in [0, 0.05) is 18.2 Å². The van der Waals surface area contributed by atoms with Gasteiger partial charge >= 0.3 is 5.97 Å². The van der Waals surface area contributed by atoms with Gasteiger partial charge in [-0.15, -0.1) is 0 Å². The molecule has 6 nitrogen and oxygen atoms in total. The Morgan fingerprint density at radius 1 is 1.19 bits per heavy atom. The first kappa shape index (κ1) is 21.2. The summed E-state index contributed by atoms with van der Waals surface area (Å²) in [6, 6.07) is 15.9. The highest BCUT2D eigenvalue weighted by Gasteiger charge is 2.55. The zero-order valence-corrected chi connectivity index (χ0v) is 18.9. The van der Waals surface area contributed by atoms with E-state index in [1.54, 1.807) is 0 Å². The van der Waals surface area contributed by atoms with E-state index in [-0.39, 0.29) is 24.6 Å². The number of carbonyl (C=O) groups is 2. The molecule has 1 saturated heterocycles. The van der Waals surface area contributed by atoms with Gasteiger partial charge in [-0.25, -0.2) is 0 Å². The third-order valence-electron chi connectivity index (χ3n) is 6.75. The maximum absolute atomic E-state index is 13.3. The lowest BCUT2D eigenvalue weighted by molar-refractivity contribution is -0.146. The Morgan fingerprint density at radius 2 is 2.00 bits per heavy atom. The van der Waals surface area contributed by atoms with Crippen LogP contribution in [0.4, 0.5) is 0 Å². The number of amides is 1. The van der Waals surface area contributed by atoms with Crippen LogP contribution in [0.25, 0.3) is 0 Å². The van der Waals surface area contributed by atoms with Gasteiger partial charge in [-0.1, -0.05) is 48.9 Å². The summed E-state index contributed by atoms with van der Waals surface area (Å²) in [5.74, 6) is 1.49. The lowest BCUT2D eigenvalue weighted by atomic mass is 9.69. The van der Waals surface area contributed by atoms with Crippen LogP contribution in [0.1, 0.15) is 44.6 Å². The van der Waals surface area contributed by atoms with Gasteiger partial charge in [0.1, 0.15) is 0 Å². The fraction of sp³-hybridized carbons (Fsp3) is 0.440. The van der Waals surface area contributed by atoms with E-state index in [2.05, 4.69) is 6.07 Å². The van der Waals surface area contributed by atoms with Crippen molar-refractivity contribution < 1.29 is 23.8 Å². The third kappa shape index (κ3) is 3.83. The first-order valence-corrected chi connectivity index (χ1v) is 12.0. The highest BCUT2D eigenvalue weighted by atomic mass is 32.2. The maximum atomic E-state index is 13.3. The van der Waals surface area contributed by atoms with Crippen molar-refractivity contribution in [2.75, 3.05) is 13.3 Å². The molecule has 1 unspecified atom stereocenters. The van der Waals surface area contributed by atoms with Gasteiger partial charge in [-0.3, -0.25) is 9.59 Å². The van der Waals surface area contributed by atoms with Crippen molar-refractivity contribution in [2.45, 2.75) is 54.9 Å². The van der Waals surface area contributed by atoms with E-state index in [9.17, 15) is 9.59 Å². The summed E-state index contributed by atoms with van der Waals surface area (Å²) in [5, 5.41) is 0. The largest absolute Gasteiger partial charge is 0.454 e. The number of thioether (sulfide) groups is 1. The summed E-state index contributed by atoms with van der Waals surface area (Å²) in [7, 11) is 0. The van der Waals surface area contributed by atoms with Gasteiger partial charge in [-0.2, -0.15) is 0 Å². The predicted molar refractivity (Wildman–Crippen MR) is 120 cm³/mol.